The molecule has 0 aliphatic carbocycles. The second-order valence-corrected chi connectivity index (χ2v) is 5.39. The summed E-state index contributed by atoms with van der Waals surface area (Å²) in [5.74, 6) is 0.126. The second-order valence-electron chi connectivity index (χ2n) is 5.39. The van der Waals surface area contributed by atoms with Gasteiger partial charge in [0.2, 0.25) is 5.91 Å². The predicted molar refractivity (Wildman–Crippen MR) is 72.7 cm³/mol. The van der Waals surface area contributed by atoms with Gasteiger partial charge in [-0.2, -0.15) is 0 Å². The first-order valence-corrected chi connectivity index (χ1v) is 7.06. The fourth-order valence-corrected chi connectivity index (χ4v) is 3.08. The van der Waals surface area contributed by atoms with Crippen LogP contribution < -0.4 is 10.2 Å². The number of halogens is 1. The van der Waals surface area contributed by atoms with E-state index >= 15 is 0 Å². The van der Waals surface area contributed by atoms with Crippen LogP contribution in [0.4, 0.5) is 10.1 Å². The Hall–Kier alpha value is -1.42. The van der Waals surface area contributed by atoms with Crippen LogP contribution >= 0.6 is 0 Å². The number of aryl methyl sites for hydroxylation is 1. The highest BCUT2D eigenvalue weighted by atomic mass is 19.1. The predicted octanol–water partition coefficient (Wildman–Crippen LogP) is 2.10. The van der Waals surface area contributed by atoms with Gasteiger partial charge in [-0.15, -0.1) is 0 Å². The van der Waals surface area contributed by atoms with E-state index in [0.717, 1.165) is 56.6 Å². The molecule has 1 amide bonds. The number of amides is 1. The number of piperidine rings is 1. The Morgan fingerprint density at radius 2 is 2.11 bits per heavy atom. The minimum absolute atomic E-state index is 0.122. The zero-order chi connectivity index (χ0) is 13.2. The quantitative estimate of drug-likeness (QED) is 0.840. The molecule has 2 aliphatic heterocycles. The van der Waals surface area contributed by atoms with Crippen LogP contribution in [0, 0.1) is 11.7 Å². The maximum atomic E-state index is 13.3. The van der Waals surface area contributed by atoms with E-state index < -0.39 is 0 Å². The SMILES string of the molecule is O=C(C1CCNCC1)N1CCCc2cc(F)ccc21. The lowest BCUT2D eigenvalue weighted by Gasteiger charge is -2.33. The van der Waals surface area contributed by atoms with Crippen LogP contribution in [0.3, 0.4) is 0 Å². The summed E-state index contributed by atoms with van der Waals surface area (Å²) in [5, 5.41) is 3.28. The van der Waals surface area contributed by atoms with Crippen LogP contribution in [0.25, 0.3) is 0 Å². The Labute approximate surface area is 112 Å². The number of hydrogen-bond acceptors (Lipinski definition) is 2. The lowest BCUT2D eigenvalue weighted by atomic mass is 9.94. The number of fused-ring (bicyclic) bond motifs is 1. The summed E-state index contributed by atoms with van der Waals surface area (Å²) in [6, 6.07) is 4.77. The Bertz CT molecular complexity index is 483. The molecule has 0 saturated carbocycles. The Balaban J connectivity index is 1.84. The Kier molecular flexibility index (Phi) is 3.51. The van der Waals surface area contributed by atoms with Crippen LogP contribution in [-0.4, -0.2) is 25.5 Å². The van der Waals surface area contributed by atoms with Crippen molar-refractivity contribution in [2.24, 2.45) is 5.92 Å². The molecular formula is C15H19FN2O. The number of benzene rings is 1. The molecule has 3 rings (SSSR count). The van der Waals surface area contributed by atoms with Crippen molar-refractivity contribution >= 4 is 11.6 Å². The fraction of sp³-hybridized carbons (Fsp3) is 0.533. The minimum Gasteiger partial charge on any atom is -0.317 e. The van der Waals surface area contributed by atoms with Gasteiger partial charge in [-0.05, 0) is 62.5 Å². The van der Waals surface area contributed by atoms with Gasteiger partial charge in [0, 0.05) is 18.2 Å². The Morgan fingerprint density at radius 3 is 2.89 bits per heavy atom. The third-order valence-electron chi connectivity index (χ3n) is 4.11. The first kappa shape index (κ1) is 12.6. The van der Waals surface area contributed by atoms with Crippen molar-refractivity contribution < 1.29 is 9.18 Å². The van der Waals surface area contributed by atoms with Crippen LogP contribution in [-0.2, 0) is 11.2 Å². The number of carbonyl (C=O) groups is 1. The number of nitrogens with one attached hydrogen (secondary N) is 1. The molecule has 2 aliphatic rings. The average Bonchev–Trinajstić information content (AvgIpc) is 2.46. The highest BCUT2D eigenvalue weighted by Gasteiger charge is 2.29. The monoisotopic (exact) mass is 262 g/mol. The molecule has 0 aromatic heterocycles. The van der Waals surface area contributed by atoms with Gasteiger partial charge in [-0.25, -0.2) is 4.39 Å². The van der Waals surface area contributed by atoms with Crippen molar-refractivity contribution in [2.75, 3.05) is 24.5 Å². The number of carbonyl (C=O) groups excluding carboxylic acids is 1. The zero-order valence-electron chi connectivity index (χ0n) is 11.0. The van der Waals surface area contributed by atoms with Gasteiger partial charge in [0.25, 0.3) is 0 Å². The fourth-order valence-electron chi connectivity index (χ4n) is 3.08. The molecule has 3 nitrogen and oxygen atoms in total. The summed E-state index contributed by atoms with van der Waals surface area (Å²) in [5.41, 5.74) is 1.88. The van der Waals surface area contributed by atoms with Gasteiger partial charge in [0.15, 0.2) is 0 Å². The first-order chi connectivity index (χ1) is 9.25. The molecule has 0 bridgehead atoms. The molecule has 0 unspecified atom stereocenters. The summed E-state index contributed by atoms with van der Waals surface area (Å²) in [6.45, 7) is 2.60. The van der Waals surface area contributed by atoms with E-state index in [1.54, 1.807) is 12.1 Å². The molecule has 1 saturated heterocycles. The van der Waals surface area contributed by atoms with Crippen LogP contribution in [0.2, 0.25) is 0 Å². The zero-order valence-corrected chi connectivity index (χ0v) is 11.0. The van der Waals surface area contributed by atoms with Gasteiger partial charge in [-0.3, -0.25) is 4.79 Å². The Morgan fingerprint density at radius 1 is 1.32 bits per heavy atom. The molecule has 4 heteroatoms. The number of rotatable bonds is 1. The molecular weight excluding hydrogens is 243 g/mol. The molecule has 2 heterocycles. The lowest BCUT2D eigenvalue weighted by molar-refractivity contribution is -0.123. The summed E-state index contributed by atoms with van der Waals surface area (Å²) in [6.07, 6.45) is 3.61. The van der Waals surface area contributed by atoms with Crippen molar-refractivity contribution in [3.8, 4) is 0 Å². The molecule has 1 aromatic carbocycles. The van der Waals surface area contributed by atoms with E-state index in [1.165, 1.54) is 6.07 Å². The van der Waals surface area contributed by atoms with E-state index in [9.17, 15) is 9.18 Å². The highest BCUT2D eigenvalue weighted by molar-refractivity contribution is 5.96. The van der Waals surface area contributed by atoms with E-state index in [-0.39, 0.29) is 17.6 Å². The standard InChI is InChI=1S/C15H19FN2O/c16-13-3-4-14-12(10-13)2-1-9-18(14)15(19)11-5-7-17-8-6-11/h3-4,10-11,17H,1-2,5-9H2. The molecule has 0 atom stereocenters. The van der Waals surface area contributed by atoms with Gasteiger partial charge in [-0.1, -0.05) is 0 Å². The largest absolute Gasteiger partial charge is 0.317 e. The van der Waals surface area contributed by atoms with Crippen molar-refractivity contribution in [2.45, 2.75) is 25.7 Å². The van der Waals surface area contributed by atoms with Crippen LogP contribution in [0.1, 0.15) is 24.8 Å². The maximum Gasteiger partial charge on any atom is 0.230 e. The minimum atomic E-state index is -0.213. The van der Waals surface area contributed by atoms with E-state index in [0.29, 0.717) is 0 Å². The van der Waals surface area contributed by atoms with Gasteiger partial charge < -0.3 is 10.2 Å². The number of anilines is 1. The summed E-state index contributed by atoms with van der Waals surface area (Å²) >= 11 is 0. The summed E-state index contributed by atoms with van der Waals surface area (Å²) in [4.78, 5) is 14.5. The first-order valence-electron chi connectivity index (χ1n) is 7.06. The van der Waals surface area contributed by atoms with Crippen LogP contribution in [0.15, 0.2) is 18.2 Å². The highest BCUT2D eigenvalue weighted by Crippen LogP contribution is 2.30. The second kappa shape index (κ2) is 5.29. The molecule has 0 spiro atoms. The summed E-state index contributed by atoms with van der Waals surface area (Å²) < 4.78 is 13.3. The molecule has 19 heavy (non-hydrogen) atoms. The van der Waals surface area contributed by atoms with E-state index in [4.69, 9.17) is 0 Å². The third kappa shape index (κ3) is 2.50. The smallest absolute Gasteiger partial charge is 0.230 e. The van der Waals surface area contributed by atoms with E-state index in [2.05, 4.69) is 5.32 Å². The normalized spacial score (nSPS) is 20.2. The molecule has 1 aromatic rings. The molecule has 102 valence electrons. The van der Waals surface area contributed by atoms with Gasteiger partial charge in [0.05, 0.1) is 0 Å². The van der Waals surface area contributed by atoms with Crippen molar-refractivity contribution in [1.82, 2.24) is 5.32 Å². The van der Waals surface area contributed by atoms with Gasteiger partial charge in [0.1, 0.15) is 5.82 Å². The molecule has 1 N–H and O–H groups in total. The average molecular weight is 262 g/mol. The van der Waals surface area contributed by atoms with Crippen molar-refractivity contribution in [3.05, 3.63) is 29.6 Å². The third-order valence-corrected chi connectivity index (χ3v) is 4.11. The maximum absolute atomic E-state index is 13.3. The van der Waals surface area contributed by atoms with E-state index in [1.807, 2.05) is 4.90 Å². The topological polar surface area (TPSA) is 32.3 Å². The summed E-state index contributed by atoms with van der Waals surface area (Å²) in [7, 11) is 0. The molecule has 1 fully saturated rings. The van der Waals surface area contributed by atoms with Crippen molar-refractivity contribution in [1.29, 1.82) is 0 Å². The molecule has 0 radical (unpaired) electrons. The number of hydrogen-bond donors (Lipinski definition) is 1. The number of nitrogens with zero attached hydrogens (tertiary/aromatic N) is 1. The van der Waals surface area contributed by atoms with Gasteiger partial charge >= 0.3 is 0 Å². The van der Waals surface area contributed by atoms with Crippen LogP contribution in [0.5, 0.6) is 0 Å². The van der Waals surface area contributed by atoms with Crippen molar-refractivity contribution in [3.63, 3.8) is 0 Å². The lowest BCUT2D eigenvalue weighted by Crippen LogP contribution is -2.43.